The van der Waals surface area contributed by atoms with Crippen LogP contribution in [0.4, 0.5) is 0 Å². The summed E-state index contributed by atoms with van der Waals surface area (Å²) in [5, 5.41) is 2.45. The van der Waals surface area contributed by atoms with Gasteiger partial charge >= 0.3 is 0 Å². The maximum absolute atomic E-state index is 6.69. The van der Waals surface area contributed by atoms with Gasteiger partial charge in [0.2, 0.25) is 5.79 Å². The largest absolute Gasteiger partial charge is 0.342 e. The molecule has 0 unspecified atom stereocenters. The van der Waals surface area contributed by atoms with Crippen molar-refractivity contribution in [1.82, 2.24) is 0 Å². The summed E-state index contributed by atoms with van der Waals surface area (Å²) in [5.74, 6) is -0.858. The molecule has 0 spiro atoms. The molecule has 2 aliphatic rings. The first-order valence-corrected chi connectivity index (χ1v) is 10.4. The van der Waals surface area contributed by atoms with Gasteiger partial charge < -0.3 is 9.47 Å². The van der Waals surface area contributed by atoms with Gasteiger partial charge in [-0.25, -0.2) is 0 Å². The highest BCUT2D eigenvalue weighted by molar-refractivity contribution is 5.88. The number of rotatable bonds is 4. The van der Waals surface area contributed by atoms with Crippen molar-refractivity contribution in [2.45, 2.75) is 45.8 Å². The summed E-state index contributed by atoms with van der Waals surface area (Å²) >= 11 is 0. The lowest BCUT2D eigenvalue weighted by Gasteiger charge is -2.45. The molecule has 0 amide bonds. The van der Waals surface area contributed by atoms with Crippen LogP contribution in [0, 0.1) is 5.41 Å². The van der Waals surface area contributed by atoms with Crippen LogP contribution in [0.1, 0.15) is 44.7 Å². The first-order chi connectivity index (χ1) is 13.6. The van der Waals surface area contributed by atoms with Crippen molar-refractivity contribution in [3.05, 3.63) is 83.5 Å². The van der Waals surface area contributed by atoms with E-state index in [9.17, 15) is 0 Å². The van der Waals surface area contributed by atoms with Gasteiger partial charge in [0, 0.05) is 16.6 Å². The van der Waals surface area contributed by atoms with Crippen molar-refractivity contribution in [3.8, 4) is 0 Å². The second-order valence-electron chi connectivity index (χ2n) is 8.61. The highest BCUT2D eigenvalue weighted by Gasteiger charge is 2.46. The summed E-state index contributed by atoms with van der Waals surface area (Å²) < 4.78 is 13.4. The number of allylic oxidation sites excluding steroid dienone is 4. The quantitative estimate of drug-likeness (QED) is 0.611. The molecule has 0 saturated carbocycles. The lowest BCUT2D eigenvalue weighted by molar-refractivity contribution is -0.284. The smallest absolute Gasteiger partial charge is 0.222 e. The van der Waals surface area contributed by atoms with Crippen LogP contribution in [-0.4, -0.2) is 13.2 Å². The maximum Gasteiger partial charge on any atom is 0.222 e. The number of hydrogen-bond donors (Lipinski definition) is 0. The van der Waals surface area contributed by atoms with Gasteiger partial charge in [-0.1, -0.05) is 94.0 Å². The molecule has 2 aromatic carbocycles. The third kappa shape index (κ3) is 3.47. The van der Waals surface area contributed by atoms with Crippen molar-refractivity contribution in [3.63, 3.8) is 0 Å². The highest BCUT2D eigenvalue weighted by atomic mass is 16.7. The van der Waals surface area contributed by atoms with E-state index >= 15 is 0 Å². The van der Waals surface area contributed by atoms with Crippen LogP contribution in [0.3, 0.4) is 0 Å². The van der Waals surface area contributed by atoms with E-state index in [1.165, 1.54) is 21.9 Å². The van der Waals surface area contributed by atoms with Gasteiger partial charge in [-0.3, -0.25) is 0 Å². The SMILES string of the molecule is CCCc1ccc2ccccc2c1C1(C2=CCC=CC=C2)OCC(C)(C)CO1. The summed E-state index contributed by atoms with van der Waals surface area (Å²) in [4.78, 5) is 0. The summed E-state index contributed by atoms with van der Waals surface area (Å²) in [7, 11) is 0. The van der Waals surface area contributed by atoms with Crippen LogP contribution in [0.15, 0.2) is 72.4 Å². The molecule has 1 saturated heterocycles. The van der Waals surface area contributed by atoms with Crippen LogP contribution in [0.25, 0.3) is 10.8 Å². The van der Waals surface area contributed by atoms with E-state index in [1.54, 1.807) is 0 Å². The minimum absolute atomic E-state index is 0.00621. The molecule has 1 aliphatic heterocycles. The predicted molar refractivity (Wildman–Crippen MR) is 116 cm³/mol. The normalized spacial score (nSPS) is 20.8. The molecule has 0 aromatic heterocycles. The molecule has 0 radical (unpaired) electrons. The molecule has 28 heavy (non-hydrogen) atoms. The first-order valence-electron chi connectivity index (χ1n) is 10.4. The van der Waals surface area contributed by atoms with E-state index in [4.69, 9.17) is 9.47 Å². The van der Waals surface area contributed by atoms with Gasteiger partial charge in [-0.15, -0.1) is 0 Å². The second kappa shape index (κ2) is 7.69. The zero-order valence-electron chi connectivity index (χ0n) is 17.2. The van der Waals surface area contributed by atoms with Gasteiger partial charge in [0.05, 0.1) is 13.2 Å². The average molecular weight is 375 g/mol. The fraction of sp³-hybridized carbons (Fsp3) is 0.385. The van der Waals surface area contributed by atoms with Crippen LogP contribution < -0.4 is 0 Å². The average Bonchev–Trinajstić information content (AvgIpc) is 2.99. The minimum Gasteiger partial charge on any atom is -0.342 e. The van der Waals surface area contributed by atoms with Crippen LogP contribution >= 0.6 is 0 Å². The second-order valence-corrected chi connectivity index (χ2v) is 8.61. The molecule has 0 atom stereocenters. The summed E-state index contributed by atoms with van der Waals surface area (Å²) in [5.41, 5.74) is 3.60. The lowest BCUT2D eigenvalue weighted by Crippen LogP contribution is -2.47. The summed E-state index contributed by atoms with van der Waals surface area (Å²) in [6.07, 6.45) is 13.7. The molecule has 146 valence electrons. The van der Waals surface area contributed by atoms with Crippen LogP contribution in [0.5, 0.6) is 0 Å². The van der Waals surface area contributed by atoms with Gasteiger partial charge in [-0.2, -0.15) is 0 Å². The third-order valence-corrected chi connectivity index (χ3v) is 5.57. The van der Waals surface area contributed by atoms with Crippen molar-refractivity contribution in [2.24, 2.45) is 5.41 Å². The minimum atomic E-state index is -0.858. The Balaban J connectivity index is 1.97. The molecule has 1 heterocycles. The van der Waals surface area contributed by atoms with E-state index in [-0.39, 0.29) is 5.41 Å². The van der Waals surface area contributed by atoms with Crippen molar-refractivity contribution in [2.75, 3.05) is 13.2 Å². The summed E-state index contributed by atoms with van der Waals surface area (Å²) in [6, 6.07) is 13.1. The fourth-order valence-electron chi connectivity index (χ4n) is 4.14. The predicted octanol–water partition coefficient (Wildman–Crippen LogP) is 6.46. The van der Waals surface area contributed by atoms with Crippen molar-refractivity contribution < 1.29 is 9.47 Å². The molecular weight excluding hydrogens is 344 g/mol. The number of benzene rings is 2. The number of hydrogen-bond acceptors (Lipinski definition) is 2. The molecular formula is C26H30O2. The molecule has 1 aliphatic carbocycles. The van der Waals surface area contributed by atoms with Crippen molar-refractivity contribution >= 4 is 10.8 Å². The third-order valence-electron chi connectivity index (χ3n) is 5.57. The Labute approximate surface area is 168 Å². The standard InChI is InChI=1S/C26H30O2/c1-4-11-21-17-16-20-12-9-10-15-23(20)24(21)26(22-13-7-5-6-8-14-22)27-18-25(2,3)19-28-26/h5-7,9-10,12-17H,4,8,11,18-19H2,1-3H3. The lowest BCUT2D eigenvalue weighted by atomic mass is 9.84. The Bertz CT molecular complexity index is 936. The number of ether oxygens (including phenoxy) is 2. The van der Waals surface area contributed by atoms with Gasteiger partial charge in [0.25, 0.3) is 0 Å². The molecule has 0 N–H and O–H groups in total. The Kier molecular flexibility index (Phi) is 5.27. The maximum atomic E-state index is 6.69. The Morgan fingerprint density at radius 1 is 0.964 bits per heavy atom. The monoisotopic (exact) mass is 374 g/mol. The van der Waals surface area contributed by atoms with Gasteiger partial charge in [0.15, 0.2) is 0 Å². The number of aryl methyl sites for hydroxylation is 1. The van der Waals surface area contributed by atoms with E-state index in [0.29, 0.717) is 13.2 Å². The molecule has 2 aromatic rings. The van der Waals surface area contributed by atoms with Gasteiger partial charge in [-0.05, 0) is 29.2 Å². The van der Waals surface area contributed by atoms with E-state index < -0.39 is 5.79 Å². The Morgan fingerprint density at radius 2 is 1.75 bits per heavy atom. The molecule has 1 fully saturated rings. The highest BCUT2D eigenvalue weighted by Crippen LogP contribution is 2.46. The van der Waals surface area contributed by atoms with Crippen LogP contribution in [0.2, 0.25) is 0 Å². The van der Waals surface area contributed by atoms with Crippen molar-refractivity contribution in [1.29, 1.82) is 0 Å². The van der Waals surface area contributed by atoms with E-state index in [1.807, 2.05) is 0 Å². The topological polar surface area (TPSA) is 18.5 Å². The van der Waals surface area contributed by atoms with Crippen LogP contribution in [-0.2, 0) is 21.7 Å². The Morgan fingerprint density at radius 3 is 2.54 bits per heavy atom. The van der Waals surface area contributed by atoms with E-state index in [0.717, 1.165) is 24.8 Å². The van der Waals surface area contributed by atoms with E-state index in [2.05, 4.69) is 87.5 Å². The first kappa shape index (κ1) is 19.2. The fourth-order valence-corrected chi connectivity index (χ4v) is 4.14. The number of fused-ring (bicyclic) bond motifs is 1. The molecule has 4 rings (SSSR count). The zero-order chi connectivity index (χ0) is 19.6. The zero-order valence-corrected chi connectivity index (χ0v) is 17.2. The molecule has 2 heteroatoms. The molecule has 0 bridgehead atoms. The molecule has 2 nitrogen and oxygen atoms in total. The van der Waals surface area contributed by atoms with Gasteiger partial charge in [0.1, 0.15) is 0 Å². The summed E-state index contributed by atoms with van der Waals surface area (Å²) in [6.45, 7) is 7.96. The Hall–Kier alpha value is -2.16.